The molecule has 0 saturated heterocycles. The van der Waals surface area contributed by atoms with Crippen molar-refractivity contribution in [1.82, 2.24) is 0 Å². The molecule has 0 unspecified atom stereocenters. The molecule has 0 radical (unpaired) electrons. The van der Waals surface area contributed by atoms with E-state index in [0.717, 1.165) is 35.4 Å². The number of ketones is 2. The van der Waals surface area contributed by atoms with Crippen molar-refractivity contribution in [2.75, 3.05) is 0 Å². The Kier molecular flexibility index (Phi) is 12.8. The summed E-state index contributed by atoms with van der Waals surface area (Å²) in [5.41, 5.74) is 1.32. The van der Waals surface area contributed by atoms with Crippen LogP contribution in [-0.2, 0) is 17.4 Å². The number of benzene rings is 4. The molecule has 4 rings (SSSR count). The van der Waals surface area contributed by atoms with Gasteiger partial charge in [-0.1, -0.05) is 24.3 Å². The average Bonchev–Trinajstić information content (AvgIpc) is 2.91. The van der Waals surface area contributed by atoms with E-state index in [4.69, 9.17) is 29.5 Å². The van der Waals surface area contributed by atoms with Gasteiger partial charge in [0.05, 0.1) is 0 Å². The first kappa shape index (κ1) is 35.9. The molecule has 4 aromatic rings. The lowest BCUT2D eigenvalue weighted by molar-refractivity contribution is 0.0968. The highest BCUT2D eigenvalue weighted by Crippen LogP contribution is 2.34. The third-order valence-corrected chi connectivity index (χ3v) is 5.87. The highest BCUT2D eigenvalue weighted by atomic mass is 31.2. The van der Waals surface area contributed by atoms with Crippen LogP contribution in [0.3, 0.4) is 0 Å². The molecule has 0 aliphatic heterocycles. The van der Waals surface area contributed by atoms with Crippen LogP contribution in [0.5, 0.6) is 46.0 Å². The van der Waals surface area contributed by atoms with Gasteiger partial charge in [0, 0.05) is 37.1 Å². The average molecular weight is 647 g/mol. The van der Waals surface area contributed by atoms with Crippen LogP contribution in [0.4, 0.5) is 0 Å². The van der Waals surface area contributed by atoms with Gasteiger partial charge in [0.1, 0.15) is 57.1 Å². The molecule has 14 nitrogen and oxygen atoms in total. The second kappa shape index (κ2) is 16.0. The van der Waals surface area contributed by atoms with Gasteiger partial charge in [-0.3, -0.25) is 9.59 Å². The number of Topliss-reactive ketones (excluding diaryl/α,β-unsaturated/α-hetero) is 2. The van der Waals surface area contributed by atoms with E-state index in [1.165, 1.54) is 24.3 Å². The number of carbonyl (C=O) groups is 2. The van der Waals surface area contributed by atoms with E-state index in [1.54, 1.807) is 24.3 Å². The summed E-state index contributed by atoms with van der Waals surface area (Å²) in [6.07, 6.45) is 1.02. The van der Waals surface area contributed by atoms with Crippen molar-refractivity contribution in [3.63, 3.8) is 0 Å². The summed E-state index contributed by atoms with van der Waals surface area (Å²) in [4.78, 5) is 45.5. The number of hydrogen-bond acceptors (Lipinski definition) is 11. The van der Waals surface area contributed by atoms with Gasteiger partial charge in [0.25, 0.3) is 0 Å². The molecule has 0 fully saturated rings. The number of phosphoric acid groups is 1. The molecule has 0 amide bonds. The van der Waals surface area contributed by atoms with Gasteiger partial charge in [-0.2, -0.15) is 0 Å². The summed E-state index contributed by atoms with van der Waals surface area (Å²) in [6, 6.07) is 16.9. The Bertz CT molecular complexity index is 1490. The molecular formula is C30H31O14P. The summed E-state index contributed by atoms with van der Waals surface area (Å²) in [7, 11) is -4.64. The molecule has 240 valence electrons. The lowest BCUT2D eigenvalue weighted by atomic mass is 10.0. The van der Waals surface area contributed by atoms with Crippen molar-refractivity contribution in [2.24, 2.45) is 0 Å². The van der Waals surface area contributed by atoms with Crippen LogP contribution in [-0.4, -0.2) is 67.1 Å². The van der Waals surface area contributed by atoms with E-state index < -0.39 is 42.4 Å². The molecule has 0 spiro atoms. The third-order valence-electron chi connectivity index (χ3n) is 5.87. The maximum absolute atomic E-state index is 12.0. The van der Waals surface area contributed by atoms with E-state index in [-0.39, 0.29) is 47.0 Å². The van der Waals surface area contributed by atoms with Crippen LogP contribution >= 0.6 is 7.82 Å². The molecule has 0 saturated carbocycles. The Labute approximate surface area is 255 Å². The minimum absolute atomic E-state index is 0.0939. The zero-order valence-corrected chi connectivity index (χ0v) is 24.2. The SMILES string of the molecule is O=C(CCc1ccc(O)cc1)c1c(O)cc(O)cc1O.O=C(CCc1ccc(O)cc1)c1c(O)cc(O)cc1O.O=P(O)(O)O. The third kappa shape index (κ3) is 12.5. The molecule has 0 aliphatic carbocycles. The number of hydrogen-bond donors (Lipinski definition) is 11. The highest BCUT2D eigenvalue weighted by molar-refractivity contribution is 7.45. The maximum Gasteiger partial charge on any atom is 0.466 e. The summed E-state index contributed by atoms with van der Waals surface area (Å²) in [5.74, 6) is -2.96. The van der Waals surface area contributed by atoms with E-state index >= 15 is 0 Å². The first-order valence-corrected chi connectivity index (χ1v) is 14.4. The first-order valence-electron chi connectivity index (χ1n) is 12.8. The molecule has 0 aromatic heterocycles. The second-order valence-electron chi connectivity index (χ2n) is 9.41. The Morgan fingerprint density at radius 3 is 0.956 bits per heavy atom. The zero-order chi connectivity index (χ0) is 33.9. The fraction of sp³-hybridized carbons (Fsp3) is 0.133. The van der Waals surface area contributed by atoms with Crippen LogP contribution in [0, 0.1) is 0 Å². The number of aryl methyl sites for hydroxylation is 2. The number of carbonyl (C=O) groups excluding carboxylic acids is 2. The van der Waals surface area contributed by atoms with Crippen molar-refractivity contribution in [1.29, 1.82) is 0 Å². The van der Waals surface area contributed by atoms with Gasteiger partial charge in [-0.25, -0.2) is 4.57 Å². The standard InChI is InChI=1S/2C15H14O5.H3O4P/c2*16-10-4-1-9(2-5-10)3-6-12(18)15-13(19)7-11(17)8-14(15)20;1-5(2,3)4/h2*1-2,4-5,7-8,16-17,19-20H,3,6H2;(H3,1,2,3,4). The molecule has 15 heteroatoms. The molecule has 0 aliphatic rings. The molecule has 0 bridgehead atoms. The van der Waals surface area contributed by atoms with Crippen LogP contribution in [0.25, 0.3) is 0 Å². The first-order chi connectivity index (χ1) is 20.9. The summed E-state index contributed by atoms with van der Waals surface area (Å²) in [6.45, 7) is 0. The van der Waals surface area contributed by atoms with Crippen molar-refractivity contribution in [3.05, 3.63) is 95.1 Å². The summed E-state index contributed by atoms with van der Waals surface area (Å²) < 4.78 is 8.88. The van der Waals surface area contributed by atoms with E-state index in [1.807, 2.05) is 0 Å². The van der Waals surface area contributed by atoms with Crippen LogP contribution in [0.1, 0.15) is 44.7 Å². The Morgan fingerprint density at radius 1 is 0.467 bits per heavy atom. The molecule has 0 atom stereocenters. The van der Waals surface area contributed by atoms with E-state index in [0.29, 0.717) is 12.8 Å². The number of phenolic OH excluding ortho intramolecular Hbond substituents is 8. The summed E-state index contributed by atoms with van der Waals surface area (Å²) >= 11 is 0. The van der Waals surface area contributed by atoms with Crippen LogP contribution in [0.15, 0.2) is 72.8 Å². The Balaban J connectivity index is 0.000000273. The largest absolute Gasteiger partial charge is 0.508 e. The van der Waals surface area contributed by atoms with Gasteiger partial charge in [0.15, 0.2) is 11.6 Å². The normalized spacial score (nSPS) is 10.6. The topological polar surface area (TPSA) is 274 Å². The molecule has 45 heavy (non-hydrogen) atoms. The van der Waals surface area contributed by atoms with Gasteiger partial charge in [0.2, 0.25) is 0 Å². The Hall–Kier alpha value is -5.27. The van der Waals surface area contributed by atoms with Gasteiger partial charge < -0.3 is 55.5 Å². The van der Waals surface area contributed by atoms with Gasteiger partial charge in [-0.15, -0.1) is 0 Å². The number of rotatable bonds is 8. The predicted molar refractivity (Wildman–Crippen MR) is 159 cm³/mol. The van der Waals surface area contributed by atoms with Crippen molar-refractivity contribution < 1.29 is 69.7 Å². The van der Waals surface area contributed by atoms with Crippen LogP contribution in [0.2, 0.25) is 0 Å². The van der Waals surface area contributed by atoms with Crippen LogP contribution < -0.4 is 0 Å². The van der Waals surface area contributed by atoms with Gasteiger partial charge >= 0.3 is 7.82 Å². The fourth-order valence-electron chi connectivity index (χ4n) is 3.86. The number of aromatic hydroxyl groups is 8. The molecular weight excluding hydrogens is 615 g/mol. The smallest absolute Gasteiger partial charge is 0.466 e. The minimum Gasteiger partial charge on any atom is -0.508 e. The lowest BCUT2D eigenvalue weighted by Crippen LogP contribution is -2.02. The monoisotopic (exact) mass is 646 g/mol. The highest BCUT2D eigenvalue weighted by Gasteiger charge is 2.18. The molecule has 0 heterocycles. The molecule has 11 N–H and O–H groups in total. The van der Waals surface area contributed by atoms with Gasteiger partial charge in [-0.05, 0) is 48.2 Å². The maximum atomic E-state index is 12.0. The van der Waals surface area contributed by atoms with Crippen molar-refractivity contribution in [3.8, 4) is 46.0 Å². The predicted octanol–water partition coefficient (Wildman–Crippen LogP) is 3.72. The Morgan fingerprint density at radius 2 is 0.711 bits per heavy atom. The fourth-order valence-corrected chi connectivity index (χ4v) is 3.86. The zero-order valence-electron chi connectivity index (χ0n) is 23.3. The summed E-state index contributed by atoms with van der Waals surface area (Å²) in [5, 5.41) is 75.1. The van der Waals surface area contributed by atoms with Crippen molar-refractivity contribution >= 4 is 19.4 Å². The van der Waals surface area contributed by atoms with E-state index in [9.17, 15) is 40.2 Å². The minimum atomic E-state index is -4.64. The molecule has 4 aromatic carbocycles. The van der Waals surface area contributed by atoms with E-state index in [2.05, 4.69) is 0 Å². The second-order valence-corrected chi connectivity index (χ2v) is 10.4. The quantitative estimate of drug-likeness (QED) is 0.0962. The number of phenols is 8. The lowest BCUT2D eigenvalue weighted by Gasteiger charge is -2.07. The van der Waals surface area contributed by atoms with Crippen molar-refractivity contribution in [2.45, 2.75) is 25.7 Å².